The van der Waals surface area contributed by atoms with Crippen molar-refractivity contribution in [1.29, 1.82) is 0 Å². The number of hydrogen-bond acceptors (Lipinski definition) is 5. The molecule has 4 fully saturated rings. The van der Waals surface area contributed by atoms with E-state index in [1.165, 1.54) is 11.3 Å². The highest BCUT2D eigenvalue weighted by atomic mass is 79.9. The zero-order valence-electron chi connectivity index (χ0n) is 18.3. The molecule has 9 heteroatoms. The Morgan fingerprint density at radius 2 is 2.00 bits per heavy atom. The van der Waals surface area contributed by atoms with Gasteiger partial charge < -0.3 is 25.4 Å². The van der Waals surface area contributed by atoms with Gasteiger partial charge in [-0.1, -0.05) is 42.1 Å². The van der Waals surface area contributed by atoms with E-state index in [9.17, 15) is 19.5 Å². The molecule has 3 saturated heterocycles. The molecule has 174 valence electrons. The van der Waals surface area contributed by atoms with E-state index in [1.807, 2.05) is 6.92 Å². The van der Waals surface area contributed by atoms with Crippen molar-refractivity contribution in [2.24, 2.45) is 11.8 Å². The third-order valence-corrected chi connectivity index (χ3v) is 8.36. The van der Waals surface area contributed by atoms with Gasteiger partial charge >= 0.3 is 0 Å². The number of rotatable bonds is 7. The van der Waals surface area contributed by atoms with Crippen LogP contribution in [0.2, 0.25) is 0 Å². The van der Waals surface area contributed by atoms with Crippen molar-refractivity contribution in [3.05, 3.63) is 0 Å². The smallest absolute Gasteiger partial charge is 0.246 e. The van der Waals surface area contributed by atoms with E-state index in [-0.39, 0.29) is 35.2 Å². The van der Waals surface area contributed by atoms with E-state index in [1.54, 1.807) is 6.92 Å². The fourth-order valence-electron chi connectivity index (χ4n) is 6.12. The first-order chi connectivity index (χ1) is 14.9. The maximum atomic E-state index is 13.6. The molecular formula is C22H34BrN3O5. The number of amides is 3. The fraction of sp³-hybridized carbons (Fsp3) is 0.864. The molecule has 7 atom stereocenters. The van der Waals surface area contributed by atoms with Crippen LogP contribution in [0.5, 0.6) is 0 Å². The summed E-state index contributed by atoms with van der Waals surface area (Å²) in [4.78, 5) is 41.6. The number of aliphatic hydroxyl groups excluding tert-OH is 1. The van der Waals surface area contributed by atoms with E-state index in [2.05, 4.69) is 26.6 Å². The number of hydrogen-bond donors (Lipinski definition) is 3. The van der Waals surface area contributed by atoms with Gasteiger partial charge in [-0.25, -0.2) is 0 Å². The summed E-state index contributed by atoms with van der Waals surface area (Å²) in [5.74, 6) is -2.03. The Morgan fingerprint density at radius 1 is 1.29 bits per heavy atom. The summed E-state index contributed by atoms with van der Waals surface area (Å²) >= 11 is 3.66. The minimum Gasteiger partial charge on any atom is -0.394 e. The number of carbonyl (C=O) groups is 3. The van der Waals surface area contributed by atoms with E-state index >= 15 is 0 Å². The zero-order valence-corrected chi connectivity index (χ0v) is 19.9. The molecule has 3 unspecified atom stereocenters. The van der Waals surface area contributed by atoms with Crippen molar-refractivity contribution in [3.63, 3.8) is 0 Å². The van der Waals surface area contributed by atoms with Crippen LogP contribution >= 0.6 is 15.9 Å². The second kappa shape index (κ2) is 8.98. The Kier molecular flexibility index (Phi) is 6.66. The van der Waals surface area contributed by atoms with Gasteiger partial charge in [-0.3, -0.25) is 14.4 Å². The summed E-state index contributed by atoms with van der Waals surface area (Å²) in [7, 11) is 0. The molecule has 31 heavy (non-hydrogen) atoms. The number of nitrogens with one attached hydrogen (secondary N) is 2. The molecule has 0 radical (unpaired) electrons. The molecule has 1 spiro atoms. The third kappa shape index (κ3) is 3.70. The molecule has 1 aliphatic carbocycles. The minimum atomic E-state index is -1.05. The number of ether oxygens (including phenoxy) is 1. The van der Waals surface area contributed by atoms with Crippen LogP contribution in [0.15, 0.2) is 0 Å². The van der Waals surface area contributed by atoms with Gasteiger partial charge in [0.05, 0.1) is 30.6 Å². The average Bonchev–Trinajstić information content (AvgIpc) is 3.35. The Bertz CT molecular complexity index is 730. The van der Waals surface area contributed by atoms with Crippen LogP contribution in [0, 0.1) is 11.8 Å². The Balaban J connectivity index is 1.67. The van der Waals surface area contributed by atoms with Crippen LogP contribution in [-0.4, -0.2) is 75.5 Å². The lowest BCUT2D eigenvalue weighted by atomic mass is 9.70. The Labute approximate surface area is 191 Å². The number of alkyl halides is 1. The average molecular weight is 500 g/mol. The Hall–Kier alpha value is -1.19. The molecule has 4 aliphatic rings. The lowest BCUT2D eigenvalue weighted by Crippen LogP contribution is -2.59. The van der Waals surface area contributed by atoms with Crippen LogP contribution in [0.25, 0.3) is 0 Å². The number of nitrogens with zero attached hydrogens (tertiary/aromatic N) is 1. The summed E-state index contributed by atoms with van der Waals surface area (Å²) in [6.45, 7) is 3.99. The van der Waals surface area contributed by atoms with Crippen molar-refractivity contribution in [1.82, 2.24) is 15.5 Å². The fourth-order valence-corrected chi connectivity index (χ4v) is 7.06. The lowest BCUT2D eigenvalue weighted by Gasteiger charge is -2.37. The first kappa shape index (κ1) is 23.0. The van der Waals surface area contributed by atoms with Gasteiger partial charge in [-0.2, -0.15) is 0 Å². The minimum absolute atomic E-state index is 0.0973. The summed E-state index contributed by atoms with van der Waals surface area (Å²) in [6, 6.07) is -1.28. The molecule has 3 amide bonds. The van der Waals surface area contributed by atoms with Crippen molar-refractivity contribution < 1.29 is 24.2 Å². The molecule has 3 heterocycles. The van der Waals surface area contributed by atoms with Crippen LogP contribution < -0.4 is 10.6 Å². The second-order valence-electron chi connectivity index (χ2n) is 9.58. The predicted octanol–water partition coefficient (Wildman–Crippen LogP) is 1.09. The summed E-state index contributed by atoms with van der Waals surface area (Å²) in [5, 5.41) is 15.9. The molecule has 8 nitrogen and oxygen atoms in total. The number of halogens is 1. The molecular weight excluding hydrogens is 466 g/mol. The standard InChI is InChI=1S/C22H34BrN3O5/c1-3-9-24-19(28)15-16-21(30)26(12(2)11-27)18(22(16)10-14(23)17(15)31-22)20(29)25-13-7-5-4-6-8-13/h12-18,27H,3-11H2,1-2H3,(H,24,28)(H,25,29)/t12-,14?,15-,16+,17-,18?,22?/m1/s1. The van der Waals surface area contributed by atoms with E-state index < -0.39 is 35.6 Å². The highest BCUT2D eigenvalue weighted by molar-refractivity contribution is 9.09. The quantitative estimate of drug-likeness (QED) is 0.454. The second-order valence-corrected chi connectivity index (χ2v) is 10.8. The first-order valence-corrected chi connectivity index (χ1v) is 12.6. The van der Waals surface area contributed by atoms with E-state index in [0.29, 0.717) is 13.0 Å². The summed E-state index contributed by atoms with van der Waals surface area (Å²) in [5.41, 5.74) is -1.05. The van der Waals surface area contributed by atoms with Crippen molar-refractivity contribution >= 4 is 33.7 Å². The van der Waals surface area contributed by atoms with Crippen molar-refractivity contribution in [3.8, 4) is 0 Å². The van der Waals surface area contributed by atoms with Crippen LogP contribution in [-0.2, 0) is 19.1 Å². The lowest BCUT2D eigenvalue weighted by molar-refractivity contribution is -0.145. The monoisotopic (exact) mass is 499 g/mol. The number of carbonyl (C=O) groups excluding carboxylic acids is 3. The zero-order chi connectivity index (χ0) is 22.3. The Morgan fingerprint density at radius 3 is 2.65 bits per heavy atom. The van der Waals surface area contributed by atoms with Gasteiger partial charge in [0.25, 0.3) is 0 Å². The van der Waals surface area contributed by atoms with Gasteiger partial charge in [0.1, 0.15) is 11.6 Å². The molecule has 0 aromatic rings. The summed E-state index contributed by atoms with van der Waals surface area (Å²) < 4.78 is 6.42. The maximum absolute atomic E-state index is 13.6. The van der Waals surface area contributed by atoms with E-state index in [4.69, 9.17) is 4.74 Å². The highest BCUT2D eigenvalue weighted by Gasteiger charge is 2.76. The first-order valence-electron chi connectivity index (χ1n) is 11.7. The maximum Gasteiger partial charge on any atom is 0.246 e. The highest BCUT2D eigenvalue weighted by Crippen LogP contribution is 2.60. The van der Waals surface area contributed by atoms with E-state index in [0.717, 1.165) is 32.1 Å². The van der Waals surface area contributed by atoms with Crippen LogP contribution in [0.3, 0.4) is 0 Å². The van der Waals surface area contributed by atoms with Gasteiger partial charge in [-0.15, -0.1) is 0 Å². The number of aliphatic hydroxyl groups is 1. The molecule has 4 rings (SSSR count). The topological polar surface area (TPSA) is 108 Å². The number of likely N-dealkylation sites (tertiary alicyclic amines) is 1. The van der Waals surface area contributed by atoms with Gasteiger partial charge in [0.2, 0.25) is 17.7 Å². The molecule has 1 saturated carbocycles. The number of fused-ring (bicyclic) bond motifs is 1. The van der Waals surface area contributed by atoms with Crippen molar-refractivity contribution in [2.75, 3.05) is 13.2 Å². The summed E-state index contributed by atoms with van der Waals surface area (Å²) in [6.07, 6.45) is 6.06. The largest absolute Gasteiger partial charge is 0.394 e. The van der Waals surface area contributed by atoms with Crippen LogP contribution in [0.4, 0.5) is 0 Å². The molecule has 0 aromatic carbocycles. The SMILES string of the molecule is CCCNC(=O)[C@H]1[C@@H]2OC3(CC2Br)C(C(=O)NC2CCCCC2)N([C@H](C)CO)C(=O)[C@H]13. The molecule has 2 bridgehead atoms. The third-order valence-electron chi connectivity index (χ3n) is 7.52. The van der Waals surface area contributed by atoms with Crippen LogP contribution in [0.1, 0.15) is 58.8 Å². The molecule has 3 N–H and O–H groups in total. The van der Waals surface area contributed by atoms with Gasteiger partial charge in [0, 0.05) is 17.4 Å². The van der Waals surface area contributed by atoms with Gasteiger partial charge in [0.15, 0.2) is 0 Å². The predicted molar refractivity (Wildman–Crippen MR) is 117 cm³/mol. The normalized spacial score (nSPS) is 38.3. The van der Waals surface area contributed by atoms with Crippen molar-refractivity contribution in [2.45, 2.75) is 93.5 Å². The van der Waals surface area contributed by atoms with Gasteiger partial charge in [-0.05, 0) is 32.6 Å². The molecule has 3 aliphatic heterocycles. The molecule has 0 aromatic heterocycles.